The largest absolute Gasteiger partial charge is 0.508 e. The van der Waals surface area contributed by atoms with Crippen LogP contribution in [0.25, 0.3) is 28.6 Å². The van der Waals surface area contributed by atoms with Crippen molar-refractivity contribution in [2.45, 2.75) is 0 Å². The van der Waals surface area contributed by atoms with Gasteiger partial charge in [0.25, 0.3) is 0 Å². The molecule has 0 unspecified atom stereocenters. The van der Waals surface area contributed by atoms with Gasteiger partial charge in [0.2, 0.25) is 0 Å². The van der Waals surface area contributed by atoms with Gasteiger partial charge < -0.3 is 10.0 Å². The van der Waals surface area contributed by atoms with E-state index in [1.807, 2.05) is 31.3 Å². The van der Waals surface area contributed by atoms with Crippen LogP contribution in [0.5, 0.6) is 5.75 Å². The number of pyridine rings is 1. The zero-order valence-corrected chi connectivity index (χ0v) is 13.3. The van der Waals surface area contributed by atoms with Gasteiger partial charge in [-0.3, -0.25) is 9.98 Å². The molecule has 0 fully saturated rings. The number of phenols is 1. The molecule has 0 atom stereocenters. The van der Waals surface area contributed by atoms with Crippen LogP contribution in [0.1, 0.15) is 0 Å². The van der Waals surface area contributed by atoms with E-state index in [9.17, 15) is 5.11 Å². The van der Waals surface area contributed by atoms with Crippen LogP contribution in [0.2, 0.25) is 0 Å². The summed E-state index contributed by atoms with van der Waals surface area (Å²) in [4.78, 5) is 11.1. The zero-order chi connectivity index (χ0) is 16.5. The van der Waals surface area contributed by atoms with Crippen LogP contribution in [0, 0.1) is 0 Å². The molecular weight excluding hydrogens is 298 g/mol. The molecule has 24 heavy (non-hydrogen) atoms. The Labute approximate surface area is 140 Å². The fraction of sp³-hybridized carbons (Fsp3) is 0.100. The highest BCUT2D eigenvalue weighted by Crippen LogP contribution is 2.30. The second-order valence-electron chi connectivity index (χ2n) is 5.91. The average molecular weight is 315 g/mol. The third-order valence-electron chi connectivity index (χ3n) is 4.09. The lowest BCUT2D eigenvalue weighted by molar-refractivity contribution is 0.475. The van der Waals surface area contributed by atoms with E-state index in [1.54, 1.807) is 18.3 Å². The minimum Gasteiger partial charge on any atom is -0.508 e. The van der Waals surface area contributed by atoms with Gasteiger partial charge in [-0.25, -0.2) is 0 Å². The van der Waals surface area contributed by atoms with E-state index < -0.39 is 0 Å². The molecule has 0 saturated heterocycles. The van der Waals surface area contributed by atoms with Crippen LogP contribution in [0.15, 0.2) is 65.8 Å². The molecule has 2 aromatic carbocycles. The molecule has 4 nitrogen and oxygen atoms in total. The number of phenolic OH excluding ortho intramolecular Hbond substituents is 1. The van der Waals surface area contributed by atoms with Crippen molar-refractivity contribution in [1.29, 1.82) is 0 Å². The Bertz CT molecular complexity index is 1030. The van der Waals surface area contributed by atoms with Crippen molar-refractivity contribution < 1.29 is 5.11 Å². The Kier molecular flexibility index (Phi) is 3.50. The number of aromatic hydroxyl groups is 1. The maximum Gasteiger partial charge on any atom is 0.116 e. The summed E-state index contributed by atoms with van der Waals surface area (Å²) in [5.74, 6) is 0.239. The van der Waals surface area contributed by atoms with Gasteiger partial charge in [0.15, 0.2) is 0 Å². The SMILES string of the molecule is CN1C=c2cc(-c3cccnc3-c3cccc(O)c3)ccc2=NC1. The first-order valence-corrected chi connectivity index (χ1v) is 7.82. The van der Waals surface area contributed by atoms with Gasteiger partial charge in [-0.05, 0) is 35.9 Å². The molecule has 2 heterocycles. The number of fused-ring (bicyclic) bond motifs is 1. The summed E-state index contributed by atoms with van der Waals surface area (Å²) in [5, 5.41) is 11.9. The molecular formula is C20H17N3O. The van der Waals surface area contributed by atoms with E-state index in [0.29, 0.717) is 6.67 Å². The Balaban J connectivity index is 1.90. The van der Waals surface area contributed by atoms with Gasteiger partial charge in [0, 0.05) is 35.8 Å². The summed E-state index contributed by atoms with van der Waals surface area (Å²) in [6.07, 6.45) is 3.88. The van der Waals surface area contributed by atoms with Crippen molar-refractivity contribution >= 4 is 6.20 Å². The minimum atomic E-state index is 0.239. The standard InChI is InChI=1S/C20H17N3O/c1-23-12-16-10-14(7-8-19(16)22-13-23)18-6-3-9-21-20(18)15-4-2-5-17(24)11-15/h2-12,24H,13H2,1H3. The number of hydrogen-bond acceptors (Lipinski definition) is 4. The first-order chi connectivity index (χ1) is 11.7. The number of hydrogen-bond donors (Lipinski definition) is 1. The molecule has 0 radical (unpaired) electrons. The molecule has 3 aromatic rings. The summed E-state index contributed by atoms with van der Waals surface area (Å²) in [7, 11) is 2.02. The van der Waals surface area contributed by atoms with E-state index in [4.69, 9.17) is 0 Å². The van der Waals surface area contributed by atoms with E-state index in [-0.39, 0.29) is 5.75 Å². The Morgan fingerprint density at radius 1 is 1.00 bits per heavy atom. The number of nitrogens with zero attached hydrogens (tertiary/aromatic N) is 3. The Morgan fingerprint density at radius 3 is 2.79 bits per heavy atom. The molecule has 0 aliphatic carbocycles. The van der Waals surface area contributed by atoms with Gasteiger partial charge >= 0.3 is 0 Å². The summed E-state index contributed by atoms with van der Waals surface area (Å²) in [6.45, 7) is 0.688. The number of rotatable bonds is 2. The van der Waals surface area contributed by atoms with Crippen LogP contribution in [0.4, 0.5) is 0 Å². The molecule has 0 amide bonds. The average Bonchev–Trinajstić information content (AvgIpc) is 2.61. The van der Waals surface area contributed by atoms with E-state index in [0.717, 1.165) is 33.0 Å². The lowest BCUT2D eigenvalue weighted by atomic mass is 9.98. The Morgan fingerprint density at radius 2 is 1.92 bits per heavy atom. The predicted octanol–water partition coefficient (Wildman–Crippen LogP) is 2.38. The highest BCUT2D eigenvalue weighted by molar-refractivity contribution is 5.81. The lowest BCUT2D eigenvalue weighted by Gasteiger charge is -2.15. The first kappa shape index (κ1) is 14.5. The fourth-order valence-electron chi connectivity index (χ4n) is 2.96. The molecule has 4 heteroatoms. The van der Waals surface area contributed by atoms with Gasteiger partial charge in [-0.1, -0.05) is 24.3 Å². The molecule has 1 aliphatic rings. The van der Waals surface area contributed by atoms with Crippen molar-refractivity contribution in [2.75, 3.05) is 13.7 Å². The van der Waals surface area contributed by atoms with Crippen molar-refractivity contribution in [3.05, 3.63) is 71.4 Å². The van der Waals surface area contributed by atoms with Crippen LogP contribution < -0.4 is 10.6 Å². The fourth-order valence-corrected chi connectivity index (χ4v) is 2.96. The summed E-state index contributed by atoms with van der Waals surface area (Å²) >= 11 is 0. The molecule has 0 spiro atoms. The molecule has 1 aromatic heterocycles. The molecule has 1 N–H and O–H groups in total. The van der Waals surface area contributed by atoms with Crippen LogP contribution in [0.3, 0.4) is 0 Å². The molecule has 1 aliphatic heterocycles. The zero-order valence-electron chi connectivity index (χ0n) is 13.3. The van der Waals surface area contributed by atoms with Gasteiger partial charge in [0.05, 0.1) is 11.1 Å². The van der Waals surface area contributed by atoms with Gasteiger partial charge in [0.1, 0.15) is 12.4 Å². The second kappa shape index (κ2) is 5.81. The predicted molar refractivity (Wildman–Crippen MR) is 94.6 cm³/mol. The number of aromatic nitrogens is 1. The molecule has 0 saturated carbocycles. The lowest BCUT2D eigenvalue weighted by Crippen LogP contribution is -2.34. The summed E-state index contributed by atoms with van der Waals surface area (Å²) in [6, 6.07) is 17.4. The highest BCUT2D eigenvalue weighted by Gasteiger charge is 2.10. The number of benzene rings is 2. The molecule has 0 bridgehead atoms. The minimum absolute atomic E-state index is 0.239. The van der Waals surface area contributed by atoms with E-state index in [2.05, 4.69) is 39.3 Å². The van der Waals surface area contributed by atoms with Gasteiger partial charge in [-0.2, -0.15) is 0 Å². The van der Waals surface area contributed by atoms with Crippen molar-refractivity contribution in [2.24, 2.45) is 4.99 Å². The maximum absolute atomic E-state index is 9.77. The topological polar surface area (TPSA) is 48.7 Å². The van der Waals surface area contributed by atoms with Crippen molar-refractivity contribution in [3.8, 4) is 28.1 Å². The first-order valence-electron chi connectivity index (χ1n) is 7.82. The smallest absolute Gasteiger partial charge is 0.116 e. The third kappa shape index (κ3) is 2.63. The van der Waals surface area contributed by atoms with Crippen molar-refractivity contribution in [3.63, 3.8) is 0 Å². The monoisotopic (exact) mass is 315 g/mol. The third-order valence-corrected chi connectivity index (χ3v) is 4.09. The quantitative estimate of drug-likeness (QED) is 0.790. The van der Waals surface area contributed by atoms with Crippen LogP contribution in [-0.2, 0) is 0 Å². The normalized spacial score (nSPS) is 13.0. The van der Waals surface area contributed by atoms with Crippen molar-refractivity contribution in [1.82, 2.24) is 9.88 Å². The van der Waals surface area contributed by atoms with E-state index in [1.165, 1.54) is 0 Å². The van der Waals surface area contributed by atoms with Crippen LogP contribution in [-0.4, -0.2) is 28.7 Å². The maximum atomic E-state index is 9.77. The van der Waals surface area contributed by atoms with Crippen LogP contribution >= 0.6 is 0 Å². The Hall–Kier alpha value is -3.14. The summed E-state index contributed by atoms with van der Waals surface area (Å²) < 4.78 is 0. The van der Waals surface area contributed by atoms with Gasteiger partial charge in [-0.15, -0.1) is 0 Å². The molecule has 118 valence electrons. The summed E-state index contributed by atoms with van der Waals surface area (Å²) in [5.41, 5.74) is 3.87. The highest BCUT2D eigenvalue weighted by atomic mass is 16.3. The molecule has 4 rings (SSSR count). The second-order valence-corrected chi connectivity index (χ2v) is 5.91. The van der Waals surface area contributed by atoms with E-state index >= 15 is 0 Å².